The first-order valence-electron chi connectivity index (χ1n) is 8.55. The van der Waals surface area contributed by atoms with Crippen LogP contribution in [0.1, 0.15) is 30.1 Å². The number of para-hydroxylation sites is 1. The van der Waals surface area contributed by atoms with Gasteiger partial charge in [-0.1, -0.05) is 12.1 Å². The molecule has 25 heavy (non-hydrogen) atoms. The summed E-state index contributed by atoms with van der Waals surface area (Å²) in [5.74, 6) is 1.29. The molecule has 6 nitrogen and oxygen atoms in total. The summed E-state index contributed by atoms with van der Waals surface area (Å²) in [7, 11) is 2.00. The van der Waals surface area contributed by atoms with E-state index in [4.69, 9.17) is 0 Å². The third kappa shape index (κ3) is 3.32. The predicted octanol–water partition coefficient (Wildman–Crippen LogP) is 2.52. The van der Waals surface area contributed by atoms with Gasteiger partial charge in [0.15, 0.2) is 0 Å². The van der Waals surface area contributed by atoms with Crippen molar-refractivity contribution in [2.24, 2.45) is 7.05 Å². The quantitative estimate of drug-likeness (QED) is 0.732. The number of hydrogen-bond acceptors (Lipinski definition) is 4. The number of aryl methyl sites for hydroxylation is 1. The van der Waals surface area contributed by atoms with E-state index in [0.29, 0.717) is 11.6 Å². The highest BCUT2D eigenvalue weighted by Gasteiger charge is 2.24. The van der Waals surface area contributed by atoms with Crippen molar-refractivity contribution in [3.63, 3.8) is 0 Å². The highest BCUT2D eigenvalue weighted by Crippen LogP contribution is 2.27. The maximum atomic E-state index is 13.9. The van der Waals surface area contributed by atoms with Crippen LogP contribution in [0.2, 0.25) is 0 Å². The first-order chi connectivity index (χ1) is 12.2. The summed E-state index contributed by atoms with van der Waals surface area (Å²) in [6.45, 7) is 2.87. The van der Waals surface area contributed by atoms with E-state index in [9.17, 15) is 4.39 Å². The number of hydrogen-bond donors (Lipinski definition) is 0. The number of piperidine rings is 1. The largest absolute Gasteiger partial charge is 0.320 e. The number of nitrogens with zero attached hydrogens (tertiary/aromatic N) is 6. The molecule has 0 N–H and O–H groups in total. The molecule has 1 aromatic carbocycles. The van der Waals surface area contributed by atoms with Gasteiger partial charge in [-0.05, 0) is 38.1 Å². The molecule has 4 rings (SSSR count). The van der Waals surface area contributed by atoms with E-state index >= 15 is 0 Å². The molecule has 130 valence electrons. The molecule has 0 atom stereocenters. The zero-order valence-electron chi connectivity index (χ0n) is 14.2. The summed E-state index contributed by atoms with van der Waals surface area (Å²) in [4.78, 5) is 2.41. The summed E-state index contributed by atoms with van der Waals surface area (Å²) in [6.07, 6.45) is 7.65. The first kappa shape index (κ1) is 16.0. The maximum Gasteiger partial charge on any atom is 0.148 e. The fourth-order valence-corrected chi connectivity index (χ4v) is 3.48. The average Bonchev–Trinajstić information content (AvgIpc) is 3.25. The van der Waals surface area contributed by atoms with Crippen LogP contribution in [0.25, 0.3) is 5.69 Å². The number of aromatic nitrogens is 5. The van der Waals surface area contributed by atoms with Crippen molar-refractivity contribution in [3.8, 4) is 5.69 Å². The fraction of sp³-hybridized carbons (Fsp3) is 0.389. The van der Waals surface area contributed by atoms with E-state index in [1.165, 1.54) is 6.07 Å². The van der Waals surface area contributed by atoms with E-state index in [1.807, 2.05) is 30.1 Å². The Bertz CT molecular complexity index is 847. The molecule has 7 heteroatoms. The molecule has 0 radical (unpaired) electrons. The van der Waals surface area contributed by atoms with Crippen LogP contribution in [0, 0.1) is 5.82 Å². The molecule has 1 saturated heterocycles. The van der Waals surface area contributed by atoms with Gasteiger partial charge in [-0.3, -0.25) is 4.90 Å². The van der Waals surface area contributed by atoms with Crippen LogP contribution < -0.4 is 0 Å². The van der Waals surface area contributed by atoms with Crippen LogP contribution in [-0.2, 0) is 13.6 Å². The number of likely N-dealkylation sites (tertiary alicyclic amines) is 1. The minimum absolute atomic E-state index is 0.262. The van der Waals surface area contributed by atoms with Crippen LogP contribution in [0.15, 0.2) is 43.0 Å². The van der Waals surface area contributed by atoms with E-state index in [0.717, 1.165) is 43.9 Å². The predicted molar refractivity (Wildman–Crippen MR) is 91.8 cm³/mol. The molecule has 3 heterocycles. The van der Waals surface area contributed by atoms with Gasteiger partial charge in [-0.25, -0.2) is 9.07 Å². The van der Waals surface area contributed by atoms with Crippen molar-refractivity contribution >= 4 is 0 Å². The Hall–Kier alpha value is -2.54. The van der Waals surface area contributed by atoms with Gasteiger partial charge >= 0.3 is 0 Å². The minimum atomic E-state index is -0.262. The smallest absolute Gasteiger partial charge is 0.148 e. The van der Waals surface area contributed by atoms with Gasteiger partial charge in [0, 0.05) is 31.3 Å². The number of rotatable bonds is 4. The molecule has 1 aliphatic rings. The highest BCUT2D eigenvalue weighted by molar-refractivity contribution is 5.32. The number of halogens is 1. The van der Waals surface area contributed by atoms with Crippen molar-refractivity contribution in [3.05, 3.63) is 60.2 Å². The van der Waals surface area contributed by atoms with Gasteiger partial charge < -0.3 is 4.57 Å². The van der Waals surface area contributed by atoms with Crippen molar-refractivity contribution in [1.29, 1.82) is 0 Å². The number of benzene rings is 1. The van der Waals surface area contributed by atoms with Gasteiger partial charge in [-0.2, -0.15) is 5.10 Å². The van der Waals surface area contributed by atoms with E-state index < -0.39 is 0 Å². The summed E-state index contributed by atoms with van der Waals surface area (Å²) < 4.78 is 17.5. The third-order valence-corrected chi connectivity index (χ3v) is 4.84. The molecule has 0 spiro atoms. The lowest BCUT2D eigenvalue weighted by Gasteiger charge is -2.31. The summed E-state index contributed by atoms with van der Waals surface area (Å²) in [5, 5.41) is 12.5. The van der Waals surface area contributed by atoms with Crippen molar-refractivity contribution in [2.45, 2.75) is 25.3 Å². The average molecular weight is 340 g/mol. The Morgan fingerprint density at radius 2 is 2.00 bits per heavy atom. The lowest BCUT2D eigenvalue weighted by atomic mass is 9.96. The Balaban J connectivity index is 1.38. The van der Waals surface area contributed by atoms with Crippen LogP contribution in [0.4, 0.5) is 4.39 Å². The van der Waals surface area contributed by atoms with Crippen LogP contribution in [0.3, 0.4) is 0 Å². The molecule has 0 aliphatic carbocycles. The van der Waals surface area contributed by atoms with E-state index in [1.54, 1.807) is 23.1 Å². The lowest BCUT2D eigenvalue weighted by molar-refractivity contribution is 0.200. The Kier molecular flexibility index (Phi) is 4.31. The molecule has 3 aromatic rings. The Morgan fingerprint density at radius 3 is 2.72 bits per heavy atom. The highest BCUT2D eigenvalue weighted by atomic mass is 19.1. The molecule has 0 bridgehead atoms. The normalized spacial score (nSPS) is 16.4. The Labute approximate surface area is 145 Å². The SMILES string of the molecule is Cn1cnnc1C1CCN(Cc2cnn(-c3ccccc3F)c2)CC1. The zero-order chi connectivity index (χ0) is 17.2. The summed E-state index contributed by atoms with van der Waals surface area (Å²) in [5.41, 5.74) is 1.58. The van der Waals surface area contributed by atoms with Crippen LogP contribution >= 0.6 is 0 Å². The van der Waals surface area contributed by atoms with E-state index in [-0.39, 0.29) is 5.82 Å². The second kappa shape index (κ2) is 6.76. The first-order valence-corrected chi connectivity index (χ1v) is 8.55. The van der Waals surface area contributed by atoms with Crippen molar-refractivity contribution in [1.82, 2.24) is 29.4 Å². The monoisotopic (exact) mass is 340 g/mol. The maximum absolute atomic E-state index is 13.9. The molecule has 0 amide bonds. The lowest BCUT2D eigenvalue weighted by Crippen LogP contribution is -2.33. The van der Waals surface area contributed by atoms with Gasteiger partial charge in [0.25, 0.3) is 0 Å². The summed E-state index contributed by atoms with van der Waals surface area (Å²) >= 11 is 0. The molecule has 0 unspecified atom stereocenters. The summed E-state index contributed by atoms with van der Waals surface area (Å²) in [6, 6.07) is 6.69. The third-order valence-electron chi connectivity index (χ3n) is 4.84. The molecule has 1 fully saturated rings. The molecular weight excluding hydrogens is 319 g/mol. The van der Waals surface area contributed by atoms with Gasteiger partial charge in [0.1, 0.15) is 23.7 Å². The van der Waals surface area contributed by atoms with Gasteiger partial charge in [0.05, 0.1) is 6.20 Å². The van der Waals surface area contributed by atoms with Crippen LogP contribution in [0.5, 0.6) is 0 Å². The fourth-order valence-electron chi connectivity index (χ4n) is 3.48. The van der Waals surface area contributed by atoms with Gasteiger partial charge in [-0.15, -0.1) is 10.2 Å². The van der Waals surface area contributed by atoms with Crippen molar-refractivity contribution < 1.29 is 4.39 Å². The molecule has 2 aromatic heterocycles. The minimum Gasteiger partial charge on any atom is -0.320 e. The van der Waals surface area contributed by atoms with Gasteiger partial charge in [0.2, 0.25) is 0 Å². The molecule has 0 saturated carbocycles. The van der Waals surface area contributed by atoms with Crippen LogP contribution in [-0.4, -0.2) is 42.5 Å². The van der Waals surface area contributed by atoms with Crippen molar-refractivity contribution in [2.75, 3.05) is 13.1 Å². The molecular formula is C18H21FN6. The topological polar surface area (TPSA) is 51.8 Å². The standard InChI is InChI=1S/C18H21FN6/c1-23-13-20-22-18(23)15-6-8-24(9-7-15)11-14-10-21-25(12-14)17-5-3-2-4-16(17)19/h2-5,10,12-13,15H,6-9,11H2,1H3. The Morgan fingerprint density at radius 1 is 1.20 bits per heavy atom. The van der Waals surface area contributed by atoms with E-state index in [2.05, 4.69) is 20.2 Å². The zero-order valence-corrected chi connectivity index (χ0v) is 14.2. The molecule has 1 aliphatic heterocycles. The second-order valence-electron chi connectivity index (χ2n) is 6.60. The second-order valence-corrected chi connectivity index (χ2v) is 6.60.